The molecule has 1 N–H and O–H groups in total. The van der Waals surface area contributed by atoms with Crippen LogP contribution in [-0.4, -0.2) is 38.4 Å². The number of nitrogens with one attached hydrogen (secondary N) is 1. The molecule has 1 fully saturated rings. The number of methoxy groups -OCH3 is 1. The van der Waals surface area contributed by atoms with Gasteiger partial charge < -0.3 is 15.0 Å². The summed E-state index contributed by atoms with van der Waals surface area (Å²) in [6.45, 7) is 1.75. The minimum Gasteiger partial charge on any atom is -0.380 e. The van der Waals surface area contributed by atoms with Gasteiger partial charge in [-0.3, -0.25) is 4.79 Å². The Kier molecular flexibility index (Phi) is 5.87. The second kappa shape index (κ2) is 7.68. The molecule has 1 aliphatic heterocycles. The van der Waals surface area contributed by atoms with Crippen molar-refractivity contribution in [1.29, 1.82) is 0 Å². The van der Waals surface area contributed by atoms with Crippen molar-refractivity contribution in [3.8, 4) is 0 Å². The molecule has 1 amide bonds. The van der Waals surface area contributed by atoms with Crippen LogP contribution in [-0.2, 0) is 9.53 Å². The third-order valence-corrected chi connectivity index (χ3v) is 3.86. The summed E-state index contributed by atoms with van der Waals surface area (Å²) in [5.41, 5.74) is 1.52. The van der Waals surface area contributed by atoms with Crippen molar-refractivity contribution in [2.75, 3.05) is 30.4 Å². The average molecular weight is 330 g/mol. The van der Waals surface area contributed by atoms with Gasteiger partial charge >= 0.3 is 6.18 Å². The van der Waals surface area contributed by atoms with E-state index in [4.69, 9.17) is 4.74 Å². The van der Waals surface area contributed by atoms with E-state index in [1.807, 2.05) is 12.1 Å². The Bertz CT molecular complexity index is 517. The topological polar surface area (TPSA) is 41.6 Å². The second-order valence-corrected chi connectivity index (χ2v) is 5.66. The lowest BCUT2D eigenvalue weighted by Gasteiger charge is -2.33. The first-order chi connectivity index (χ1) is 10.9. The standard InChI is InChI=1S/C16H21F3N2O2/c1-23-14-3-2-10-21(11-14)13-6-4-12(5-7-13)20-15(22)8-9-16(17,18)19/h4-7,14H,2-3,8-11H2,1H3,(H,20,22). The number of rotatable bonds is 5. The van der Waals surface area contributed by atoms with Gasteiger partial charge in [0, 0.05) is 38.0 Å². The van der Waals surface area contributed by atoms with Gasteiger partial charge in [0.05, 0.1) is 12.5 Å². The van der Waals surface area contributed by atoms with E-state index in [0.29, 0.717) is 5.69 Å². The second-order valence-electron chi connectivity index (χ2n) is 5.66. The molecule has 0 aromatic heterocycles. The molecule has 1 unspecified atom stereocenters. The van der Waals surface area contributed by atoms with Crippen LogP contribution >= 0.6 is 0 Å². The van der Waals surface area contributed by atoms with Crippen molar-refractivity contribution in [3.63, 3.8) is 0 Å². The van der Waals surface area contributed by atoms with E-state index in [1.54, 1.807) is 19.2 Å². The van der Waals surface area contributed by atoms with Crippen LogP contribution in [0.1, 0.15) is 25.7 Å². The number of amides is 1. The monoisotopic (exact) mass is 330 g/mol. The summed E-state index contributed by atoms with van der Waals surface area (Å²) in [5.74, 6) is -0.632. The molecule has 0 radical (unpaired) electrons. The number of hydrogen-bond acceptors (Lipinski definition) is 3. The number of benzene rings is 1. The predicted octanol–water partition coefficient (Wildman–Crippen LogP) is 3.58. The highest BCUT2D eigenvalue weighted by Crippen LogP contribution is 2.24. The predicted molar refractivity (Wildman–Crippen MR) is 82.6 cm³/mol. The molecule has 1 atom stereocenters. The van der Waals surface area contributed by atoms with Crippen LogP contribution in [0.25, 0.3) is 0 Å². The zero-order valence-electron chi connectivity index (χ0n) is 13.0. The molecule has 0 spiro atoms. The molecule has 0 aliphatic carbocycles. The molecule has 2 rings (SSSR count). The number of ether oxygens (including phenoxy) is 1. The fourth-order valence-corrected chi connectivity index (χ4v) is 2.60. The minimum absolute atomic E-state index is 0.213. The van der Waals surface area contributed by atoms with Crippen molar-refractivity contribution in [2.24, 2.45) is 0 Å². The fourth-order valence-electron chi connectivity index (χ4n) is 2.60. The molecule has 1 aromatic rings. The number of hydrogen-bond donors (Lipinski definition) is 1. The highest BCUT2D eigenvalue weighted by molar-refractivity contribution is 5.90. The van der Waals surface area contributed by atoms with Gasteiger partial charge in [0.15, 0.2) is 0 Å². The summed E-state index contributed by atoms with van der Waals surface area (Å²) >= 11 is 0. The normalized spacial score (nSPS) is 18.8. The lowest BCUT2D eigenvalue weighted by molar-refractivity contribution is -0.142. The van der Waals surface area contributed by atoms with Crippen LogP contribution < -0.4 is 10.2 Å². The molecule has 1 saturated heterocycles. The van der Waals surface area contributed by atoms with E-state index in [-0.39, 0.29) is 6.10 Å². The Balaban J connectivity index is 1.88. The molecule has 4 nitrogen and oxygen atoms in total. The Morgan fingerprint density at radius 1 is 1.35 bits per heavy atom. The molecule has 0 saturated carbocycles. The van der Waals surface area contributed by atoms with Gasteiger partial charge in [0.2, 0.25) is 5.91 Å². The quantitative estimate of drug-likeness (QED) is 0.897. The number of piperidine rings is 1. The zero-order valence-corrected chi connectivity index (χ0v) is 13.0. The van der Waals surface area contributed by atoms with Crippen molar-refractivity contribution in [3.05, 3.63) is 24.3 Å². The van der Waals surface area contributed by atoms with Gasteiger partial charge in [-0.05, 0) is 37.1 Å². The van der Waals surface area contributed by atoms with Crippen molar-refractivity contribution < 1.29 is 22.7 Å². The zero-order chi connectivity index (χ0) is 16.9. The summed E-state index contributed by atoms with van der Waals surface area (Å²) in [6, 6.07) is 7.13. The first kappa shape index (κ1) is 17.6. The van der Waals surface area contributed by atoms with Crippen LogP contribution in [0.2, 0.25) is 0 Å². The lowest BCUT2D eigenvalue weighted by atomic mass is 10.1. The smallest absolute Gasteiger partial charge is 0.380 e. The first-order valence-electron chi connectivity index (χ1n) is 7.62. The van der Waals surface area contributed by atoms with E-state index >= 15 is 0 Å². The molecule has 1 heterocycles. The summed E-state index contributed by atoms with van der Waals surface area (Å²) in [7, 11) is 1.70. The summed E-state index contributed by atoms with van der Waals surface area (Å²) in [6.07, 6.45) is -3.68. The Labute approximate surface area is 133 Å². The molecule has 128 valence electrons. The summed E-state index contributed by atoms with van der Waals surface area (Å²) < 4.78 is 41.6. The third kappa shape index (κ3) is 5.74. The molecule has 1 aliphatic rings. The van der Waals surface area contributed by atoms with Crippen LogP contribution in [0.15, 0.2) is 24.3 Å². The van der Waals surface area contributed by atoms with Gasteiger partial charge in [-0.15, -0.1) is 0 Å². The Morgan fingerprint density at radius 3 is 2.65 bits per heavy atom. The summed E-state index contributed by atoms with van der Waals surface area (Å²) in [4.78, 5) is 13.7. The summed E-state index contributed by atoms with van der Waals surface area (Å²) in [5, 5.41) is 2.48. The molecular formula is C16H21F3N2O2. The van der Waals surface area contributed by atoms with Gasteiger partial charge in [0.25, 0.3) is 0 Å². The largest absolute Gasteiger partial charge is 0.389 e. The Morgan fingerprint density at radius 2 is 2.04 bits per heavy atom. The SMILES string of the molecule is COC1CCCN(c2ccc(NC(=O)CCC(F)(F)F)cc2)C1. The highest BCUT2D eigenvalue weighted by atomic mass is 19.4. The van der Waals surface area contributed by atoms with E-state index in [9.17, 15) is 18.0 Å². The number of nitrogens with zero attached hydrogens (tertiary/aromatic N) is 1. The van der Waals surface area contributed by atoms with Crippen LogP contribution in [0.4, 0.5) is 24.5 Å². The first-order valence-corrected chi connectivity index (χ1v) is 7.62. The minimum atomic E-state index is -4.31. The maximum absolute atomic E-state index is 12.1. The van der Waals surface area contributed by atoms with Crippen LogP contribution in [0, 0.1) is 0 Å². The van der Waals surface area contributed by atoms with E-state index in [2.05, 4.69) is 10.2 Å². The number of carbonyl (C=O) groups excluding carboxylic acids is 1. The lowest BCUT2D eigenvalue weighted by Crippen LogP contribution is -2.39. The Hall–Kier alpha value is -1.76. The highest BCUT2D eigenvalue weighted by Gasteiger charge is 2.27. The van der Waals surface area contributed by atoms with E-state index in [0.717, 1.165) is 31.6 Å². The van der Waals surface area contributed by atoms with Gasteiger partial charge in [-0.25, -0.2) is 0 Å². The number of carbonyl (C=O) groups is 1. The van der Waals surface area contributed by atoms with Crippen molar-refractivity contribution in [1.82, 2.24) is 0 Å². The maximum Gasteiger partial charge on any atom is 0.389 e. The number of alkyl halides is 3. The third-order valence-electron chi connectivity index (χ3n) is 3.86. The number of anilines is 2. The van der Waals surface area contributed by atoms with Gasteiger partial charge in [0.1, 0.15) is 0 Å². The van der Waals surface area contributed by atoms with Crippen molar-refractivity contribution >= 4 is 17.3 Å². The van der Waals surface area contributed by atoms with E-state index in [1.165, 1.54) is 0 Å². The average Bonchev–Trinajstić information content (AvgIpc) is 2.53. The molecular weight excluding hydrogens is 309 g/mol. The molecule has 23 heavy (non-hydrogen) atoms. The van der Waals surface area contributed by atoms with Crippen LogP contribution in [0.5, 0.6) is 0 Å². The molecule has 1 aromatic carbocycles. The van der Waals surface area contributed by atoms with Gasteiger partial charge in [-0.2, -0.15) is 13.2 Å². The van der Waals surface area contributed by atoms with Crippen molar-refractivity contribution in [2.45, 2.75) is 38.0 Å². The van der Waals surface area contributed by atoms with E-state index < -0.39 is 24.9 Å². The van der Waals surface area contributed by atoms with Crippen LogP contribution in [0.3, 0.4) is 0 Å². The van der Waals surface area contributed by atoms with Gasteiger partial charge in [-0.1, -0.05) is 0 Å². The molecule has 0 bridgehead atoms. The fraction of sp³-hybridized carbons (Fsp3) is 0.562. The number of halogens is 3. The maximum atomic E-state index is 12.1. The molecule has 7 heteroatoms.